The molecule has 144 valence electrons. The average Bonchev–Trinajstić information content (AvgIpc) is 2.66. The minimum atomic E-state index is -0.284. The van der Waals surface area contributed by atoms with E-state index in [0.717, 1.165) is 18.8 Å². The van der Waals surface area contributed by atoms with Crippen LogP contribution < -0.4 is 4.74 Å². The summed E-state index contributed by atoms with van der Waals surface area (Å²) in [5.74, 6) is 0.983. The fourth-order valence-corrected chi connectivity index (χ4v) is 3.14. The van der Waals surface area contributed by atoms with Gasteiger partial charge in [-0.15, -0.1) is 0 Å². The molecule has 5 nitrogen and oxygen atoms in total. The van der Waals surface area contributed by atoms with Gasteiger partial charge in [-0.2, -0.15) is 0 Å². The zero-order chi connectivity index (χ0) is 19.4. The highest BCUT2D eigenvalue weighted by atomic mass is 19.1. The maximum absolute atomic E-state index is 14.5. The molecule has 1 aliphatic heterocycles. The van der Waals surface area contributed by atoms with Crippen LogP contribution >= 0.6 is 0 Å². The largest absolute Gasteiger partial charge is 0.455 e. The molecule has 3 rings (SSSR count). The molecule has 0 saturated carbocycles. The Balaban J connectivity index is 1.68. The van der Waals surface area contributed by atoms with E-state index in [1.165, 1.54) is 6.07 Å². The number of benzene rings is 1. The van der Waals surface area contributed by atoms with Gasteiger partial charge in [-0.3, -0.25) is 14.7 Å². The highest BCUT2D eigenvalue weighted by molar-refractivity contribution is 5.78. The molecule has 1 aliphatic rings. The monoisotopic (exact) mass is 371 g/mol. The van der Waals surface area contributed by atoms with Gasteiger partial charge in [0.05, 0.1) is 6.20 Å². The Hall–Kier alpha value is -2.47. The molecule has 1 aromatic heterocycles. The van der Waals surface area contributed by atoms with E-state index in [1.54, 1.807) is 18.3 Å². The number of carbonyl (C=O) groups is 1. The smallest absolute Gasteiger partial charge is 0.225 e. The second-order valence-corrected chi connectivity index (χ2v) is 7.21. The normalized spacial score (nSPS) is 15.2. The third kappa shape index (κ3) is 4.83. The summed E-state index contributed by atoms with van der Waals surface area (Å²) in [7, 11) is 0. The predicted molar refractivity (Wildman–Crippen MR) is 102 cm³/mol. The Kier molecular flexibility index (Phi) is 6.06. The Morgan fingerprint density at radius 1 is 1.19 bits per heavy atom. The molecule has 1 saturated heterocycles. The van der Waals surface area contributed by atoms with Crippen LogP contribution in [0.2, 0.25) is 0 Å². The number of hydrogen-bond acceptors (Lipinski definition) is 4. The van der Waals surface area contributed by atoms with Gasteiger partial charge in [0.2, 0.25) is 5.91 Å². The van der Waals surface area contributed by atoms with Crippen LogP contribution in [0.4, 0.5) is 4.39 Å². The van der Waals surface area contributed by atoms with Gasteiger partial charge in [-0.05, 0) is 31.2 Å². The number of ether oxygens (including phenoxy) is 1. The second-order valence-electron chi connectivity index (χ2n) is 7.21. The average molecular weight is 371 g/mol. The van der Waals surface area contributed by atoms with Crippen LogP contribution in [0.15, 0.2) is 36.5 Å². The summed E-state index contributed by atoms with van der Waals surface area (Å²) in [5, 5.41) is 0. The summed E-state index contributed by atoms with van der Waals surface area (Å²) in [6.45, 7) is 8.96. The molecule has 1 fully saturated rings. The van der Waals surface area contributed by atoms with Crippen LogP contribution in [0.25, 0.3) is 0 Å². The molecule has 0 N–H and O–H groups in total. The molecule has 27 heavy (non-hydrogen) atoms. The Labute approximate surface area is 159 Å². The Morgan fingerprint density at radius 3 is 2.56 bits per heavy atom. The zero-order valence-corrected chi connectivity index (χ0v) is 16.1. The lowest BCUT2D eigenvalue weighted by molar-refractivity contribution is -0.136. The minimum Gasteiger partial charge on any atom is -0.455 e. The quantitative estimate of drug-likeness (QED) is 0.805. The number of rotatable bonds is 5. The van der Waals surface area contributed by atoms with Crippen LogP contribution in [0.5, 0.6) is 11.5 Å². The van der Waals surface area contributed by atoms with Gasteiger partial charge in [0.25, 0.3) is 0 Å². The van der Waals surface area contributed by atoms with E-state index in [2.05, 4.69) is 9.88 Å². The second kappa shape index (κ2) is 8.48. The molecular formula is C21H26FN3O2. The van der Waals surface area contributed by atoms with E-state index in [4.69, 9.17) is 4.74 Å². The molecule has 0 unspecified atom stereocenters. The Morgan fingerprint density at radius 2 is 1.93 bits per heavy atom. The number of pyridine rings is 1. The molecule has 0 atom stereocenters. The van der Waals surface area contributed by atoms with Crippen LogP contribution in [0, 0.1) is 18.7 Å². The lowest BCUT2D eigenvalue weighted by Gasteiger charge is -2.35. The topological polar surface area (TPSA) is 45.7 Å². The van der Waals surface area contributed by atoms with Gasteiger partial charge in [0.1, 0.15) is 17.3 Å². The van der Waals surface area contributed by atoms with Crippen LogP contribution in [-0.4, -0.2) is 46.9 Å². The SMILES string of the molecule is Cc1ccc(Oc2cccc(F)c2CN2CCN(C(=O)C(C)C)CC2)cn1. The van der Waals surface area contributed by atoms with Crippen molar-refractivity contribution in [1.29, 1.82) is 0 Å². The van der Waals surface area contributed by atoms with E-state index in [0.29, 0.717) is 36.7 Å². The first kappa shape index (κ1) is 19.3. The Bertz CT molecular complexity index is 785. The van der Waals surface area contributed by atoms with Crippen molar-refractivity contribution in [1.82, 2.24) is 14.8 Å². The number of carbonyl (C=O) groups excluding carboxylic acids is 1. The van der Waals surface area contributed by atoms with Gasteiger partial charge >= 0.3 is 0 Å². The summed E-state index contributed by atoms with van der Waals surface area (Å²) in [4.78, 5) is 20.4. The third-order valence-electron chi connectivity index (χ3n) is 4.75. The summed E-state index contributed by atoms with van der Waals surface area (Å²) in [5.41, 5.74) is 1.43. The van der Waals surface area contributed by atoms with Gasteiger partial charge < -0.3 is 9.64 Å². The lowest BCUT2D eigenvalue weighted by atomic mass is 10.1. The first-order valence-electron chi connectivity index (χ1n) is 9.33. The van der Waals surface area contributed by atoms with Gasteiger partial charge in [-0.1, -0.05) is 19.9 Å². The number of amides is 1. The van der Waals surface area contributed by atoms with Crippen molar-refractivity contribution in [2.75, 3.05) is 26.2 Å². The number of halogens is 1. The van der Waals surface area contributed by atoms with Crippen molar-refractivity contribution in [2.24, 2.45) is 5.92 Å². The number of nitrogens with zero attached hydrogens (tertiary/aromatic N) is 3. The molecule has 0 spiro atoms. The molecule has 6 heteroatoms. The van der Waals surface area contributed by atoms with Crippen molar-refractivity contribution in [2.45, 2.75) is 27.3 Å². The van der Waals surface area contributed by atoms with Gasteiger partial charge in [-0.25, -0.2) is 4.39 Å². The molecule has 2 aromatic rings. The van der Waals surface area contributed by atoms with Crippen molar-refractivity contribution in [3.63, 3.8) is 0 Å². The highest BCUT2D eigenvalue weighted by Gasteiger charge is 2.24. The van der Waals surface area contributed by atoms with Gasteiger partial charge in [0, 0.05) is 49.9 Å². The van der Waals surface area contributed by atoms with Crippen LogP contribution in [0.1, 0.15) is 25.1 Å². The number of aromatic nitrogens is 1. The number of hydrogen-bond donors (Lipinski definition) is 0. The molecule has 1 aromatic carbocycles. The molecule has 2 heterocycles. The van der Waals surface area contributed by atoms with Crippen LogP contribution in [0.3, 0.4) is 0 Å². The standard InChI is InChI=1S/C21H26FN3O2/c1-15(2)21(26)25-11-9-24(10-12-25)14-18-19(22)5-4-6-20(18)27-17-8-7-16(3)23-13-17/h4-8,13,15H,9-12,14H2,1-3H3. The van der Waals surface area contributed by atoms with E-state index in [9.17, 15) is 9.18 Å². The van der Waals surface area contributed by atoms with Crippen molar-refractivity contribution in [3.05, 3.63) is 53.6 Å². The maximum atomic E-state index is 14.5. The first-order chi connectivity index (χ1) is 12.9. The fourth-order valence-electron chi connectivity index (χ4n) is 3.14. The third-order valence-corrected chi connectivity index (χ3v) is 4.75. The van der Waals surface area contributed by atoms with E-state index >= 15 is 0 Å². The maximum Gasteiger partial charge on any atom is 0.225 e. The summed E-state index contributed by atoms with van der Waals surface area (Å²) < 4.78 is 20.4. The summed E-state index contributed by atoms with van der Waals surface area (Å²) in [6.07, 6.45) is 1.64. The van der Waals surface area contributed by atoms with Gasteiger partial charge in [0.15, 0.2) is 0 Å². The van der Waals surface area contributed by atoms with Crippen molar-refractivity contribution >= 4 is 5.91 Å². The van der Waals surface area contributed by atoms with Crippen molar-refractivity contribution in [3.8, 4) is 11.5 Å². The van der Waals surface area contributed by atoms with Crippen LogP contribution in [-0.2, 0) is 11.3 Å². The number of aryl methyl sites for hydroxylation is 1. The lowest BCUT2D eigenvalue weighted by Crippen LogP contribution is -2.49. The zero-order valence-electron chi connectivity index (χ0n) is 16.1. The predicted octanol–water partition coefficient (Wildman–Crippen LogP) is 3.62. The molecule has 0 aliphatic carbocycles. The van der Waals surface area contributed by atoms with E-state index in [-0.39, 0.29) is 17.6 Å². The van der Waals surface area contributed by atoms with E-state index in [1.807, 2.05) is 37.8 Å². The first-order valence-corrected chi connectivity index (χ1v) is 9.33. The number of piperazine rings is 1. The fraction of sp³-hybridized carbons (Fsp3) is 0.429. The van der Waals surface area contributed by atoms with E-state index < -0.39 is 0 Å². The summed E-state index contributed by atoms with van der Waals surface area (Å²) >= 11 is 0. The molecule has 1 amide bonds. The highest BCUT2D eigenvalue weighted by Crippen LogP contribution is 2.28. The molecular weight excluding hydrogens is 345 g/mol. The van der Waals surface area contributed by atoms with Crippen molar-refractivity contribution < 1.29 is 13.9 Å². The minimum absolute atomic E-state index is 0.00578. The molecule has 0 bridgehead atoms. The molecule has 0 radical (unpaired) electrons. The summed E-state index contributed by atoms with van der Waals surface area (Å²) in [6, 6.07) is 8.56.